The van der Waals surface area contributed by atoms with Gasteiger partial charge in [0.2, 0.25) is 0 Å². The number of nitriles is 1. The van der Waals surface area contributed by atoms with E-state index in [1.807, 2.05) is 0 Å². The number of halogens is 1. The first-order chi connectivity index (χ1) is 12.6. The Bertz CT molecular complexity index is 947. The van der Waals surface area contributed by atoms with Crippen LogP contribution < -0.4 is 10.6 Å². The van der Waals surface area contributed by atoms with Crippen molar-refractivity contribution in [2.24, 2.45) is 0 Å². The number of hydrogen-bond donors (Lipinski definition) is 2. The van der Waals surface area contributed by atoms with Crippen LogP contribution in [0.25, 0.3) is 0 Å². The number of nitrogens with one attached hydrogen (secondary N) is 2. The van der Waals surface area contributed by atoms with E-state index in [9.17, 15) is 9.18 Å². The second-order valence-corrected chi connectivity index (χ2v) is 5.59. The Morgan fingerprint density at radius 1 is 1.04 bits per heavy atom. The molecule has 0 unspecified atom stereocenters. The third-order valence-electron chi connectivity index (χ3n) is 3.67. The maximum atomic E-state index is 12.9. The zero-order valence-corrected chi connectivity index (χ0v) is 13.7. The summed E-state index contributed by atoms with van der Waals surface area (Å²) in [5.74, 6) is -0.587. The Balaban J connectivity index is 1.64. The SMILES string of the molecule is N#Cc1ccc(Nc2cncc(C(=O)NCc3ccc(F)cc3)c2)cc1. The minimum atomic E-state index is -0.314. The van der Waals surface area contributed by atoms with Gasteiger partial charge in [-0.1, -0.05) is 12.1 Å². The molecule has 1 heterocycles. The van der Waals surface area contributed by atoms with Crippen molar-refractivity contribution >= 4 is 17.3 Å². The summed E-state index contributed by atoms with van der Waals surface area (Å²) < 4.78 is 12.9. The molecule has 2 aromatic carbocycles. The summed E-state index contributed by atoms with van der Waals surface area (Å²) in [6.07, 6.45) is 3.08. The Labute approximate surface area is 150 Å². The molecule has 0 atom stereocenters. The fraction of sp³-hybridized carbons (Fsp3) is 0.0500. The standard InChI is InChI=1S/C20H15FN4O/c21-17-5-1-15(2-6-17)11-24-20(26)16-9-19(13-23-12-16)25-18-7-3-14(10-22)4-8-18/h1-9,12-13,25H,11H2,(H,24,26). The van der Waals surface area contributed by atoms with Gasteiger partial charge in [-0.15, -0.1) is 0 Å². The first-order valence-corrected chi connectivity index (χ1v) is 7.89. The van der Waals surface area contributed by atoms with Gasteiger partial charge >= 0.3 is 0 Å². The van der Waals surface area contributed by atoms with Crippen LogP contribution in [-0.2, 0) is 6.54 Å². The van der Waals surface area contributed by atoms with Crippen LogP contribution in [0.15, 0.2) is 67.0 Å². The minimum absolute atomic E-state index is 0.273. The second kappa shape index (κ2) is 7.90. The predicted molar refractivity (Wildman–Crippen MR) is 96.2 cm³/mol. The Kier molecular flexibility index (Phi) is 5.20. The molecule has 6 heteroatoms. The van der Waals surface area contributed by atoms with Crippen molar-refractivity contribution in [2.75, 3.05) is 5.32 Å². The maximum absolute atomic E-state index is 12.9. The smallest absolute Gasteiger partial charge is 0.253 e. The largest absolute Gasteiger partial charge is 0.354 e. The molecule has 0 bridgehead atoms. The van der Waals surface area contributed by atoms with Gasteiger partial charge in [-0.25, -0.2) is 4.39 Å². The average Bonchev–Trinajstić information content (AvgIpc) is 2.68. The number of rotatable bonds is 5. The molecule has 0 spiro atoms. The van der Waals surface area contributed by atoms with Crippen LogP contribution in [0, 0.1) is 17.1 Å². The fourth-order valence-corrected chi connectivity index (χ4v) is 2.31. The van der Waals surface area contributed by atoms with Crippen molar-refractivity contribution in [2.45, 2.75) is 6.54 Å². The number of nitrogens with zero attached hydrogens (tertiary/aromatic N) is 2. The molecule has 0 aliphatic heterocycles. The molecule has 0 saturated heterocycles. The van der Waals surface area contributed by atoms with E-state index in [4.69, 9.17) is 5.26 Å². The first kappa shape index (κ1) is 17.1. The van der Waals surface area contributed by atoms with Gasteiger partial charge in [0.25, 0.3) is 5.91 Å². The summed E-state index contributed by atoms with van der Waals surface area (Å²) in [6.45, 7) is 0.298. The van der Waals surface area contributed by atoms with E-state index in [-0.39, 0.29) is 11.7 Å². The van der Waals surface area contributed by atoms with Gasteiger partial charge in [0, 0.05) is 18.4 Å². The number of carbonyl (C=O) groups excluding carboxylic acids is 1. The van der Waals surface area contributed by atoms with Crippen molar-refractivity contribution < 1.29 is 9.18 Å². The number of aromatic nitrogens is 1. The van der Waals surface area contributed by atoms with Crippen molar-refractivity contribution in [3.8, 4) is 6.07 Å². The van der Waals surface area contributed by atoms with Crippen LogP contribution >= 0.6 is 0 Å². The summed E-state index contributed by atoms with van der Waals surface area (Å²) in [5.41, 5.74) is 3.23. The van der Waals surface area contributed by atoms with Crippen molar-refractivity contribution in [1.29, 1.82) is 5.26 Å². The maximum Gasteiger partial charge on any atom is 0.253 e. The lowest BCUT2D eigenvalue weighted by atomic mass is 10.2. The van der Waals surface area contributed by atoms with Crippen LogP contribution in [0.2, 0.25) is 0 Å². The highest BCUT2D eigenvalue weighted by Gasteiger charge is 2.07. The summed E-state index contributed by atoms with van der Waals surface area (Å²) >= 11 is 0. The number of carbonyl (C=O) groups is 1. The summed E-state index contributed by atoms with van der Waals surface area (Å²) in [4.78, 5) is 16.4. The molecule has 26 heavy (non-hydrogen) atoms. The minimum Gasteiger partial charge on any atom is -0.354 e. The monoisotopic (exact) mass is 346 g/mol. The number of pyridine rings is 1. The molecule has 0 saturated carbocycles. The van der Waals surface area contributed by atoms with Crippen molar-refractivity contribution in [1.82, 2.24) is 10.3 Å². The molecule has 3 rings (SSSR count). The van der Waals surface area contributed by atoms with Gasteiger partial charge in [-0.3, -0.25) is 9.78 Å². The van der Waals surface area contributed by atoms with Crippen LogP contribution in [0.4, 0.5) is 15.8 Å². The topological polar surface area (TPSA) is 77.8 Å². The van der Waals surface area contributed by atoms with E-state index >= 15 is 0 Å². The lowest BCUT2D eigenvalue weighted by Crippen LogP contribution is -2.23. The lowest BCUT2D eigenvalue weighted by molar-refractivity contribution is 0.0950. The highest BCUT2D eigenvalue weighted by Crippen LogP contribution is 2.17. The molecule has 2 N–H and O–H groups in total. The molecule has 0 radical (unpaired) electrons. The normalized spacial score (nSPS) is 10.0. The van der Waals surface area contributed by atoms with Gasteiger partial charge in [0.05, 0.1) is 29.1 Å². The third-order valence-corrected chi connectivity index (χ3v) is 3.67. The zero-order valence-electron chi connectivity index (χ0n) is 13.7. The van der Waals surface area contributed by atoms with Crippen LogP contribution in [-0.4, -0.2) is 10.9 Å². The zero-order chi connectivity index (χ0) is 18.4. The van der Waals surface area contributed by atoms with Gasteiger partial charge in [0.15, 0.2) is 0 Å². The summed E-state index contributed by atoms with van der Waals surface area (Å²) in [6, 6.07) is 16.7. The highest BCUT2D eigenvalue weighted by molar-refractivity contribution is 5.94. The Morgan fingerprint density at radius 3 is 2.46 bits per heavy atom. The van der Waals surface area contributed by atoms with E-state index in [0.29, 0.717) is 23.4 Å². The van der Waals surface area contributed by atoms with Gasteiger partial charge in [0.1, 0.15) is 5.82 Å². The average molecular weight is 346 g/mol. The molecule has 0 aliphatic rings. The molecule has 0 fully saturated rings. The molecule has 1 aromatic heterocycles. The van der Waals surface area contributed by atoms with Crippen LogP contribution in [0.3, 0.4) is 0 Å². The van der Waals surface area contributed by atoms with E-state index < -0.39 is 0 Å². The van der Waals surface area contributed by atoms with Crippen LogP contribution in [0.1, 0.15) is 21.5 Å². The van der Waals surface area contributed by atoms with E-state index in [0.717, 1.165) is 11.3 Å². The molecular weight excluding hydrogens is 331 g/mol. The fourth-order valence-electron chi connectivity index (χ4n) is 2.31. The van der Waals surface area contributed by atoms with E-state index in [1.54, 1.807) is 48.7 Å². The third kappa shape index (κ3) is 4.42. The quantitative estimate of drug-likeness (QED) is 0.737. The number of amides is 1. The van der Waals surface area contributed by atoms with Gasteiger partial charge in [-0.05, 0) is 48.0 Å². The van der Waals surface area contributed by atoms with E-state index in [2.05, 4.69) is 21.7 Å². The molecule has 5 nitrogen and oxygen atoms in total. The summed E-state index contributed by atoms with van der Waals surface area (Å²) in [7, 11) is 0. The van der Waals surface area contributed by atoms with E-state index in [1.165, 1.54) is 18.3 Å². The van der Waals surface area contributed by atoms with Crippen molar-refractivity contribution in [3.05, 3.63) is 89.5 Å². The highest BCUT2D eigenvalue weighted by atomic mass is 19.1. The molecule has 128 valence electrons. The molecule has 3 aromatic rings. The Morgan fingerprint density at radius 2 is 1.77 bits per heavy atom. The first-order valence-electron chi connectivity index (χ1n) is 7.89. The number of benzene rings is 2. The van der Waals surface area contributed by atoms with Gasteiger partial charge in [-0.2, -0.15) is 5.26 Å². The van der Waals surface area contributed by atoms with Crippen LogP contribution in [0.5, 0.6) is 0 Å². The predicted octanol–water partition coefficient (Wildman–Crippen LogP) is 3.77. The molecular formula is C20H15FN4O. The lowest BCUT2D eigenvalue weighted by Gasteiger charge is -2.09. The van der Waals surface area contributed by atoms with Crippen molar-refractivity contribution in [3.63, 3.8) is 0 Å². The number of hydrogen-bond acceptors (Lipinski definition) is 4. The number of anilines is 2. The Hall–Kier alpha value is -3.72. The van der Waals surface area contributed by atoms with Gasteiger partial charge < -0.3 is 10.6 Å². The second-order valence-electron chi connectivity index (χ2n) is 5.59. The summed E-state index contributed by atoms with van der Waals surface area (Å²) in [5, 5.41) is 14.7. The molecule has 1 amide bonds. The molecule has 0 aliphatic carbocycles.